The van der Waals surface area contributed by atoms with Crippen LogP contribution in [0.15, 0.2) is 54.9 Å². The van der Waals surface area contributed by atoms with E-state index in [-0.39, 0.29) is 12.0 Å². The van der Waals surface area contributed by atoms with Crippen molar-refractivity contribution in [1.29, 1.82) is 0 Å². The van der Waals surface area contributed by atoms with Crippen molar-refractivity contribution in [3.8, 4) is 11.3 Å². The fraction of sp³-hybridized carbons (Fsp3) is 0.208. The fourth-order valence-corrected chi connectivity index (χ4v) is 4.12. The van der Waals surface area contributed by atoms with Gasteiger partial charge in [-0.1, -0.05) is 24.3 Å². The van der Waals surface area contributed by atoms with Crippen LogP contribution < -0.4 is 16.1 Å². The minimum Gasteiger partial charge on any atom is -0.368 e. The summed E-state index contributed by atoms with van der Waals surface area (Å²) >= 11 is 0. The topological polar surface area (TPSA) is 93.1 Å². The molecule has 8 nitrogen and oxygen atoms in total. The van der Waals surface area contributed by atoms with Crippen molar-refractivity contribution in [2.75, 3.05) is 11.9 Å². The molecule has 1 saturated heterocycles. The Morgan fingerprint density at radius 3 is 2.70 bits per heavy atom. The second-order valence-corrected chi connectivity index (χ2v) is 8.01. The molecule has 1 atom stereocenters. The Morgan fingerprint density at radius 2 is 1.94 bits per heavy atom. The zero-order chi connectivity index (χ0) is 22.9. The molecule has 2 aromatic carbocycles. The highest BCUT2D eigenvalue weighted by molar-refractivity contribution is 5.84. The molecule has 5 rings (SSSR count). The summed E-state index contributed by atoms with van der Waals surface area (Å²) < 4.78 is 16.0. The van der Waals surface area contributed by atoms with E-state index in [1.165, 1.54) is 6.33 Å². The van der Waals surface area contributed by atoms with E-state index >= 15 is 0 Å². The number of fused-ring (bicyclic) bond motifs is 1. The van der Waals surface area contributed by atoms with E-state index in [9.17, 15) is 9.18 Å². The van der Waals surface area contributed by atoms with E-state index in [2.05, 4.69) is 36.7 Å². The van der Waals surface area contributed by atoms with Gasteiger partial charge in [0.1, 0.15) is 24.1 Å². The molecule has 1 fully saturated rings. The Labute approximate surface area is 189 Å². The molecule has 168 valence electrons. The second kappa shape index (κ2) is 8.51. The van der Waals surface area contributed by atoms with Gasteiger partial charge in [-0.05, 0) is 43.2 Å². The van der Waals surface area contributed by atoms with Crippen LogP contribution in [-0.4, -0.2) is 27.2 Å². The van der Waals surface area contributed by atoms with Gasteiger partial charge in [0.25, 0.3) is 0 Å². The smallest absolute Gasteiger partial charge is 0.368 e. The molecule has 9 heteroatoms. The van der Waals surface area contributed by atoms with Crippen molar-refractivity contribution in [3.05, 3.63) is 77.5 Å². The van der Waals surface area contributed by atoms with Crippen LogP contribution in [0, 0.1) is 19.7 Å². The molecule has 1 amide bonds. The van der Waals surface area contributed by atoms with Gasteiger partial charge in [0.2, 0.25) is 0 Å². The molecule has 1 aliphatic rings. The molecule has 1 aliphatic heterocycles. The number of hydroxylamine groups is 1. The number of aryl methyl sites for hydroxylation is 2. The third kappa shape index (κ3) is 4.22. The Hall–Kier alpha value is -3.98. The second-order valence-electron chi connectivity index (χ2n) is 8.01. The zero-order valence-electron chi connectivity index (χ0n) is 18.2. The van der Waals surface area contributed by atoms with Gasteiger partial charge in [-0.25, -0.2) is 19.2 Å². The average Bonchev–Trinajstić information content (AvgIpc) is 3.38. The van der Waals surface area contributed by atoms with E-state index in [0.717, 1.165) is 39.0 Å². The van der Waals surface area contributed by atoms with Crippen molar-refractivity contribution in [2.24, 2.45) is 0 Å². The number of halogens is 1. The highest BCUT2D eigenvalue weighted by Crippen LogP contribution is 2.25. The number of carbonyl (C=O) groups is 1. The number of nitrogens with zero attached hydrogens (tertiary/aromatic N) is 3. The van der Waals surface area contributed by atoms with Gasteiger partial charge in [0.15, 0.2) is 0 Å². The summed E-state index contributed by atoms with van der Waals surface area (Å²) in [6.07, 6.45) is 0.645. The summed E-state index contributed by atoms with van der Waals surface area (Å²) in [6.45, 7) is 5.26. The average molecular weight is 446 g/mol. The van der Waals surface area contributed by atoms with E-state index in [1.807, 2.05) is 44.2 Å². The first-order chi connectivity index (χ1) is 16.0. The third-order valence-corrected chi connectivity index (χ3v) is 5.78. The monoisotopic (exact) mass is 446 g/mol. The van der Waals surface area contributed by atoms with E-state index in [1.54, 1.807) is 12.1 Å². The van der Waals surface area contributed by atoms with Crippen molar-refractivity contribution >= 4 is 22.8 Å². The van der Waals surface area contributed by atoms with Crippen LogP contribution in [0.5, 0.6) is 0 Å². The Kier molecular flexibility index (Phi) is 5.39. The van der Waals surface area contributed by atoms with Crippen molar-refractivity contribution in [3.63, 3.8) is 0 Å². The summed E-state index contributed by atoms with van der Waals surface area (Å²) in [4.78, 5) is 24.6. The van der Waals surface area contributed by atoms with Crippen LogP contribution in [0.1, 0.15) is 23.0 Å². The number of benzene rings is 2. The van der Waals surface area contributed by atoms with Crippen LogP contribution in [0.2, 0.25) is 0 Å². The maximum Gasteiger partial charge on any atom is 0.427 e. The fourth-order valence-electron chi connectivity index (χ4n) is 4.12. The lowest BCUT2D eigenvalue weighted by atomic mass is 10.1. The molecule has 3 N–H and O–H groups in total. The van der Waals surface area contributed by atoms with Crippen LogP contribution >= 0.6 is 0 Å². The predicted molar refractivity (Wildman–Crippen MR) is 123 cm³/mol. The number of aromatic nitrogens is 3. The SMILES string of the molecule is Cc1cc(F)cc2c1cc(C)n2CCNc1cc(-c2ccc(C3NOC(=O)N3)cc2)ncn1. The number of hydrogen-bond acceptors (Lipinski definition) is 6. The molecule has 1 unspecified atom stereocenters. The minimum absolute atomic E-state index is 0.225. The standard InChI is InChI=1S/C24H23FN6O2/c1-14-9-18(25)11-21-19(14)10-15(2)31(21)8-7-26-22-12-20(27-13-28-22)16-3-5-17(6-4-16)23-29-24(32)33-30-23/h3-6,9-13,23,30H,7-8H2,1-2H3,(H,29,32)(H,26,27,28). The quantitative estimate of drug-likeness (QED) is 0.411. The van der Waals surface area contributed by atoms with Gasteiger partial charge in [0, 0.05) is 35.8 Å². The molecule has 3 heterocycles. The molecule has 0 saturated carbocycles. The van der Waals surface area contributed by atoms with Crippen LogP contribution in [-0.2, 0) is 11.4 Å². The number of carbonyl (C=O) groups excluding carboxylic acids is 1. The number of anilines is 1. The first-order valence-electron chi connectivity index (χ1n) is 10.6. The van der Waals surface area contributed by atoms with Crippen molar-refractivity contribution in [2.45, 2.75) is 26.6 Å². The summed E-state index contributed by atoms with van der Waals surface area (Å²) in [6, 6.07) is 14.8. The minimum atomic E-state index is -0.501. The van der Waals surface area contributed by atoms with Crippen molar-refractivity contribution < 1.29 is 14.0 Å². The molecule has 33 heavy (non-hydrogen) atoms. The van der Waals surface area contributed by atoms with E-state index in [4.69, 9.17) is 4.84 Å². The molecule has 4 aromatic rings. The summed E-state index contributed by atoms with van der Waals surface area (Å²) in [5.41, 5.74) is 8.12. The number of amides is 1. The largest absolute Gasteiger partial charge is 0.427 e. The molecular formula is C24H23FN6O2. The van der Waals surface area contributed by atoms with E-state index < -0.39 is 6.09 Å². The lowest BCUT2D eigenvalue weighted by Crippen LogP contribution is -2.21. The first kappa shape index (κ1) is 20.9. The van der Waals surface area contributed by atoms with Gasteiger partial charge < -0.3 is 14.7 Å². The van der Waals surface area contributed by atoms with Gasteiger partial charge >= 0.3 is 6.09 Å². The molecular weight excluding hydrogens is 423 g/mol. The highest BCUT2D eigenvalue weighted by atomic mass is 19.1. The number of rotatable bonds is 6. The van der Waals surface area contributed by atoms with Crippen LogP contribution in [0.3, 0.4) is 0 Å². The van der Waals surface area contributed by atoms with Gasteiger partial charge in [-0.15, -0.1) is 5.48 Å². The maximum absolute atomic E-state index is 13.9. The van der Waals surface area contributed by atoms with E-state index in [0.29, 0.717) is 18.9 Å². The third-order valence-electron chi connectivity index (χ3n) is 5.78. The number of nitrogens with one attached hydrogen (secondary N) is 3. The Bertz CT molecular complexity index is 1340. The predicted octanol–water partition coefficient (Wildman–Crippen LogP) is 4.21. The van der Waals surface area contributed by atoms with Crippen LogP contribution in [0.25, 0.3) is 22.2 Å². The van der Waals surface area contributed by atoms with Crippen LogP contribution in [0.4, 0.5) is 15.0 Å². The Morgan fingerprint density at radius 1 is 1.12 bits per heavy atom. The van der Waals surface area contributed by atoms with Gasteiger partial charge in [-0.2, -0.15) is 0 Å². The summed E-state index contributed by atoms with van der Waals surface area (Å²) in [5, 5.41) is 7.07. The molecule has 0 aliphatic carbocycles. The van der Waals surface area contributed by atoms with Gasteiger partial charge in [0.05, 0.1) is 11.2 Å². The lowest BCUT2D eigenvalue weighted by Gasteiger charge is -2.12. The molecule has 2 aromatic heterocycles. The highest BCUT2D eigenvalue weighted by Gasteiger charge is 2.23. The maximum atomic E-state index is 13.9. The summed E-state index contributed by atoms with van der Waals surface area (Å²) in [5.74, 6) is 0.482. The molecule has 0 bridgehead atoms. The molecule has 0 radical (unpaired) electrons. The normalized spacial score (nSPS) is 15.5. The summed E-state index contributed by atoms with van der Waals surface area (Å²) in [7, 11) is 0. The first-order valence-corrected chi connectivity index (χ1v) is 10.6. The molecule has 0 spiro atoms. The van der Waals surface area contributed by atoms with Gasteiger partial charge in [-0.3, -0.25) is 5.32 Å². The number of hydrogen-bond donors (Lipinski definition) is 3. The zero-order valence-corrected chi connectivity index (χ0v) is 18.2. The Balaban J connectivity index is 1.27. The lowest BCUT2D eigenvalue weighted by molar-refractivity contribution is 0.122. The van der Waals surface area contributed by atoms with Crippen molar-refractivity contribution in [1.82, 2.24) is 25.3 Å².